The number of nitrogens with zero attached hydrogens (tertiary/aromatic N) is 1. The van der Waals surface area contributed by atoms with Gasteiger partial charge < -0.3 is 14.6 Å². The molecule has 0 saturated heterocycles. The van der Waals surface area contributed by atoms with Crippen molar-refractivity contribution in [3.05, 3.63) is 42.0 Å². The molecule has 114 valence electrons. The Bertz CT molecular complexity index is 563. The zero-order chi connectivity index (χ0) is 15.1. The summed E-state index contributed by atoms with van der Waals surface area (Å²) >= 11 is 0. The van der Waals surface area contributed by atoms with Crippen LogP contribution in [0.15, 0.2) is 36.4 Å². The second-order valence-corrected chi connectivity index (χ2v) is 5.05. The maximum atomic E-state index is 10.2. The Balaban J connectivity index is 2.24. The first-order valence-electron chi connectivity index (χ1n) is 7.16. The van der Waals surface area contributed by atoms with Crippen LogP contribution >= 0.6 is 0 Å². The van der Waals surface area contributed by atoms with Crippen LogP contribution in [0, 0.1) is 0 Å². The molecule has 0 fully saturated rings. The highest BCUT2D eigenvalue weighted by Crippen LogP contribution is 2.28. The average molecular weight is 289 g/mol. The zero-order valence-corrected chi connectivity index (χ0v) is 12.7. The van der Waals surface area contributed by atoms with Crippen LogP contribution < -0.4 is 0 Å². The van der Waals surface area contributed by atoms with E-state index in [-0.39, 0.29) is 0 Å². The van der Waals surface area contributed by atoms with Gasteiger partial charge in [0.25, 0.3) is 0 Å². The Morgan fingerprint density at radius 3 is 2.29 bits per heavy atom. The van der Waals surface area contributed by atoms with Crippen molar-refractivity contribution in [2.45, 2.75) is 6.54 Å². The first-order valence-corrected chi connectivity index (χ1v) is 7.16. The molecule has 0 unspecified atom stereocenters. The van der Waals surface area contributed by atoms with Crippen LogP contribution in [-0.4, -0.2) is 50.5 Å². The molecule has 0 aliphatic heterocycles. The number of rotatable bonds is 8. The van der Waals surface area contributed by atoms with Gasteiger partial charge in [-0.1, -0.05) is 30.3 Å². The molecule has 2 aromatic carbocycles. The van der Waals surface area contributed by atoms with Crippen molar-refractivity contribution in [3.63, 3.8) is 0 Å². The summed E-state index contributed by atoms with van der Waals surface area (Å²) in [6.07, 6.45) is 0. The topological polar surface area (TPSA) is 41.9 Å². The van der Waals surface area contributed by atoms with Crippen molar-refractivity contribution in [2.24, 2.45) is 0 Å². The van der Waals surface area contributed by atoms with E-state index in [0.29, 0.717) is 25.5 Å². The molecule has 0 amide bonds. The molecular formula is C17H23NO3. The fourth-order valence-electron chi connectivity index (χ4n) is 2.42. The number of aromatic hydroxyl groups is 1. The summed E-state index contributed by atoms with van der Waals surface area (Å²) in [6.45, 7) is 3.62. The number of hydrogen-bond donors (Lipinski definition) is 1. The van der Waals surface area contributed by atoms with Gasteiger partial charge in [-0.25, -0.2) is 0 Å². The third-order valence-corrected chi connectivity index (χ3v) is 3.62. The number of ether oxygens (including phenoxy) is 2. The predicted molar refractivity (Wildman–Crippen MR) is 84.6 cm³/mol. The Morgan fingerprint density at radius 2 is 1.62 bits per heavy atom. The molecule has 0 spiro atoms. The maximum Gasteiger partial charge on any atom is 0.120 e. The van der Waals surface area contributed by atoms with Gasteiger partial charge in [0.2, 0.25) is 0 Å². The summed E-state index contributed by atoms with van der Waals surface area (Å²) in [5.74, 6) is 0.341. The van der Waals surface area contributed by atoms with Crippen molar-refractivity contribution in [3.8, 4) is 5.75 Å². The van der Waals surface area contributed by atoms with Crippen molar-refractivity contribution in [2.75, 3.05) is 40.5 Å². The van der Waals surface area contributed by atoms with E-state index < -0.39 is 0 Å². The molecule has 0 radical (unpaired) electrons. The Hall–Kier alpha value is -1.62. The lowest BCUT2D eigenvalue weighted by atomic mass is 10.0. The lowest BCUT2D eigenvalue weighted by Gasteiger charge is -2.23. The molecule has 0 aliphatic carbocycles. The van der Waals surface area contributed by atoms with E-state index in [1.165, 1.54) is 0 Å². The maximum absolute atomic E-state index is 10.2. The van der Waals surface area contributed by atoms with Gasteiger partial charge in [0.05, 0.1) is 13.2 Å². The molecule has 2 aromatic rings. The first-order chi connectivity index (χ1) is 10.3. The second-order valence-electron chi connectivity index (χ2n) is 5.05. The lowest BCUT2D eigenvalue weighted by molar-refractivity contribution is 0.110. The molecule has 1 N–H and O–H groups in total. The van der Waals surface area contributed by atoms with Gasteiger partial charge >= 0.3 is 0 Å². The van der Waals surface area contributed by atoms with Crippen LogP contribution in [0.3, 0.4) is 0 Å². The predicted octanol–water partition coefficient (Wildman–Crippen LogP) is 2.64. The highest BCUT2D eigenvalue weighted by atomic mass is 16.5. The minimum atomic E-state index is 0.341. The van der Waals surface area contributed by atoms with Crippen molar-refractivity contribution in [1.82, 2.24) is 4.90 Å². The van der Waals surface area contributed by atoms with Gasteiger partial charge in [0.1, 0.15) is 5.75 Å². The lowest BCUT2D eigenvalue weighted by Crippen LogP contribution is -2.30. The highest BCUT2D eigenvalue weighted by molar-refractivity contribution is 5.87. The standard InChI is InChI=1S/C17H23NO3/c1-20-11-9-18(10-12-21-2)13-16-15-6-4-3-5-14(15)7-8-17(16)19/h3-8,19H,9-13H2,1-2H3. The van der Waals surface area contributed by atoms with E-state index in [2.05, 4.69) is 17.0 Å². The van der Waals surface area contributed by atoms with E-state index in [1.807, 2.05) is 18.2 Å². The third kappa shape index (κ3) is 4.17. The van der Waals surface area contributed by atoms with Gasteiger partial charge in [-0.05, 0) is 16.8 Å². The molecule has 0 aliphatic rings. The minimum absolute atomic E-state index is 0.341. The molecular weight excluding hydrogens is 266 g/mol. The summed E-state index contributed by atoms with van der Waals surface area (Å²) in [6, 6.07) is 11.8. The third-order valence-electron chi connectivity index (χ3n) is 3.62. The van der Waals surface area contributed by atoms with Crippen LogP contribution in [0.4, 0.5) is 0 Å². The van der Waals surface area contributed by atoms with Crippen molar-refractivity contribution < 1.29 is 14.6 Å². The molecule has 2 rings (SSSR count). The van der Waals surface area contributed by atoms with Gasteiger partial charge in [-0.15, -0.1) is 0 Å². The number of methoxy groups -OCH3 is 2. The molecule has 0 atom stereocenters. The summed E-state index contributed by atoms with van der Waals surface area (Å²) in [5, 5.41) is 12.5. The van der Waals surface area contributed by atoms with E-state index in [4.69, 9.17) is 9.47 Å². The number of phenolic OH excluding ortho intramolecular Hbond substituents is 1. The molecule has 0 bridgehead atoms. The van der Waals surface area contributed by atoms with Gasteiger partial charge in [0.15, 0.2) is 0 Å². The van der Waals surface area contributed by atoms with Crippen molar-refractivity contribution in [1.29, 1.82) is 0 Å². The SMILES string of the molecule is COCCN(CCOC)Cc1c(O)ccc2ccccc12. The summed E-state index contributed by atoms with van der Waals surface area (Å²) in [7, 11) is 3.40. The van der Waals surface area contributed by atoms with Crippen LogP contribution in [0.1, 0.15) is 5.56 Å². The molecule has 0 heterocycles. The van der Waals surface area contributed by atoms with Crippen LogP contribution in [0.5, 0.6) is 5.75 Å². The summed E-state index contributed by atoms with van der Waals surface area (Å²) < 4.78 is 10.3. The van der Waals surface area contributed by atoms with Gasteiger partial charge in [-0.3, -0.25) is 4.90 Å². The van der Waals surface area contributed by atoms with Crippen LogP contribution in [-0.2, 0) is 16.0 Å². The van der Waals surface area contributed by atoms with Crippen LogP contribution in [0.2, 0.25) is 0 Å². The average Bonchev–Trinajstić information content (AvgIpc) is 2.52. The first kappa shape index (κ1) is 15.8. The largest absolute Gasteiger partial charge is 0.508 e. The Kier molecular flexibility index (Phi) is 5.99. The zero-order valence-electron chi connectivity index (χ0n) is 12.7. The highest BCUT2D eigenvalue weighted by Gasteiger charge is 2.12. The minimum Gasteiger partial charge on any atom is -0.508 e. The van der Waals surface area contributed by atoms with Gasteiger partial charge in [0, 0.05) is 39.4 Å². The van der Waals surface area contributed by atoms with Gasteiger partial charge in [-0.2, -0.15) is 0 Å². The van der Waals surface area contributed by atoms with E-state index in [9.17, 15) is 5.11 Å². The molecule has 21 heavy (non-hydrogen) atoms. The molecule has 4 heteroatoms. The number of phenols is 1. The van der Waals surface area contributed by atoms with Crippen molar-refractivity contribution >= 4 is 10.8 Å². The molecule has 4 nitrogen and oxygen atoms in total. The summed E-state index contributed by atoms with van der Waals surface area (Å²) in [5.41, 5.74) is 0.959. The van der Waals surface area contributed by atoms with E-state index in [1.54, 1.807) is 20.3 Å². The quantitative estimate of drug-likeness (QED) is 0.811. The molecule has 0 saturated carbocycles. The van der Waals surface area contributed by atoms with Crippen LogP contribution in [0.25, 0.3) is 10.8 Å². The Labute approximate surface area is 125 Å². The summed E-state index contributed by atoms with van der Waals surface area (Å²) in [4.78, 5) is 2.23. The van der Waals surface area contributed by atoms with E-state index in [0.717, 1.165) is 29.4 Å². The number of hydrogen-bond acceptors (Lipinski definition) is 4. The fourth-order valence-corrected chi connectivity index (χ4v) is 2.42. The Morgan fingerprint density at radius 1 is 0.952 bits per heavy atom. The fraction of sp³-hybridized carbons (Fsp3) is 0.412. The number of fused-ring (bicyclic) bond motifs is 1. The number of benzene rings is 2. The normalized spacial score (nSPS) is 11.4. The second kappa shape index (κ2) is 7.98. The monoisotopic (exact) mass is 289 g/mol. The molecule has 0 aromatic heterocycles. The van der Waals surface area contributed by atoms with E-state index >= 15 is 0 Å². The smallest absolute Gasteiger partial charge is 0.120 e.